The quantitative estimate of drug-likeness (QED) is 0.0364. The van der Waals surface area contributed by atoms with Crippen molar-refractivity contribution in [2.24, 2.45) is 0 Å². The van der Waals surface area contributed by atoms with E-state index in [1.165, 1.54) is 0 Å². The average molecular weight is 1040 g/mol. The fourth-order valence-electron chi connectivity index (χ4n) is 5.45. The van der Waals surface area contributed by atoms with Crippen molar-refractivity contribution in [3.8, 4) is 0 Å². The van der Waals surface area contributed by atoms with Crippen molar-refractivity contribution in [3.63, 3.8) is 0 Å². The van der Waals surface area contributed by atoms with E-state index >= 15 is 0 Å². The predicted octanol–water partition coefficient (Wildman–Crippen LogP) is 6.49. The summed E-state index contributed by atoms with van der Waals surface area (Å²) in [6.07, 6.45) is 3.78. The van der Waals surface area contributed by atoms with Gasteiger partial charge in [-0.1, -0.05) is 55.4 Å². The summed E-state index contributed by atoms with van der Waals surface area (Å²) < 4.78 is 78.4. The van der Waals surface area contributed by atoms with Gasteiger partial charge in [-0.2, -0.15) is 0 Å². The van der Waals surface area contributed by atoms with Crippen LogP contribution in [0.25, 0.3) is 0 Å². The SMILES string of the molecule is CCCOCCOCC(COCC(COCC(COCC(COOCCC)OOCCC)OCC(COOCCC)OOCCC)OCC(COCCOCCC)OCCOCCC)OCCOCCC. The third-order valence-corrected chi connectivity index (χ3v) is 9.00. The minimum Gasteiger partial charge on any atom is -0.379 e. The smallest absolute Gasteiger partial charge is 0.143 e. The summed E-state index contributed by atoms with van der Waals surface area (Å²) in [7, 11) is 0. The molecule has 0 aliphatic rings. The van der Waals surface area contributed by atoms with Crippen LogP contribution in [0.2, 0.25) is 0 Å². The van der Waals surface area contributed by atoms with Crippen LogP contribution < -0.4 is 0 Å². The van der Waals surface area contributed by atoms with E-state index in [-0.39, 0.29) is 72.2 Å². The van der Waals surface area contributed by atoms with Gasteiger partial charge < -0.3 is 61.6 Å². The Labute approximate surface area is 428 Å². The van der Waals surface area contributed by atoms with Gasteiger partial charge in [0.15, 0.2) is 0 Å². The summed E-state index contributed by atoms with van der Waals surface area (Å²) >= 11 is 0. The Morgan fingerprint density at radius 1 is 0.183 bits per heavy atom. The van der Waals surface area contributed by atoms with E-state index in [0.29, 0.717) is 119 Å². The van der Waals surface area contributed by atoms with Crippen LogP contribution in [0.5, 0.6) is 0 Å². The summed E-state index contributed by atoms with van der Waals surface area (Å²) in [4.78, 5) is 43.2. The van der Waals surface area contributed by atoms with Crippen molar-refractivity contribution < 1.29 is 101 Å². The molecular weight excluding hydrogens is 937 g/mol. The minimum atomic E-state index is -0.612. The zero-order chi connectivity index (χ0) is 51.8. The Bertz CT molecular complexity index is 997. The van der Waals surface area contributed by atoms with Gasteiger partial charge in [-0.05, 0) is 51.4 Å². The maximum absolute atomic E-state index is 6.50. The van der Waals surface area contributed by atoms with Crippen LogP contribution in [-0.2, 0) is 101 Å². The molecule has 6 atom stereocenters. The van der Waals surface area contributed by atoms with E-state index in [4.69, 9.17) is 101 Å². The van der Waals surface area contributed by atoms with Crippen LogP contribution in [0.3, 0.4) is 0 Å². The normalized spacial score (nSPS) is 14.5. The van der Waals surface area contributed by atoms with Crippen molar-refractivity contribution >= 4 is 0 Å². The molecule has 0 rings (SSSR count). The van der Waals surface area contributed by atoms with Gasteiger partial charge in [0, 0.05) is 26.4 Å². The maximum atomic E-state index is 6.50. The highest BCUT2D eigenvalue weighted by molar-refractivity contribution is 4.66. The largest absolute Gasteiger partial charge is 0.379 e. The van der Waals surface area contributed by atoms with Gasteiger partial charge >= 0.3 is 0 Å². The summed E-state index contributed by atoms with van der Waals surface area (Å²) in [5.74, 6) is 0. The fourth-order valence-corrected chi connectivity index (χ4v) is 5.45. The second-order valence-corrected chi connectivity index (χ2v) is 16.4. The highest BCUT2D eigenvalue weighted by atomic mass is 17.2. The van der Waals surface area contributed by atoms with Crippen LogP contribution >= 0.6 is 0 Å². The van der Waals surface area contributed by atoms with Crippen LogP contribution in [0.4, 0.5) is 0 Å². The van der Waals surface area contributed by atoms with Gasteiger partial charge in [0.25, 0.3) is 0 Å². The van der Waals surface area contributed by atoms with Crippen molar-refractivity contribution in [2.45, 2.75) is 143 Å². The van der Waals surface area contributed by atoms with Gasteiger partial charge in [0.1, 0.15) is 49.8 Å². The van der Waals surface area contributed by atoms with Gasteiger partial charge in [0.05, 0.1) is 145 Å². The molecule has 0 aliphatic heterocycles. The highest BCUT2D eigenvalue weighted by Crippen LogP contribution is 2.09. The molecule has 0 bridgehead atoms. The van der Waals surface area contributed by atoms with Gasteiger partial charge in [-0.25, -0.2) is 39.1 Å². The molecule has 428 valence electrons. The van der Waals surface area contributed by atoms with Crippen LogP contribution in [0.15, 0.2) is 0 Å². The molecule has 71 heavy (non-hydrogen) atoms. The zero-order valence-corrected chi connectivity index (χ0v) is 45.5. The molecule has 0 fully saturated rings. The van der Waals surface area contributed by atoms with E-state index in [1.807, 2.05) is 27.7 Å². The lowest BCUT2D eigenvalue weighted by Gasteiger charge is -2.26. The van der Waals surface area contributed by atoms with Gasteiger partial charge in [-0.3, -0.25) is 0 Å². The summed E-state index contributed by atoms with van der Waals surface area (Å²) in [5.41, 5.74) is 0. The van der Waals surface area contributed by atoms with Crippen LogP contribution in [0.1, 0.15) is 107 Å². The lowest BCUT2D eigenvalue weighted by Crippen LogP contribution is -2.37. The summed E-state index contributed by atoms with van der Waals surface area (Å²) in [6, 6.07) is 0. The second-order valence-electron chi connectivity index (χ2n) is 16.4. The predicted molar refractivity (Wildman–Crippen MR) is 264 cm³/mol. The number of ether oxygens (including phenoxy) is 13. The maximum Gasteiger partial charge on any atom is 0.143 e. The zero-order valence-electron chi connectivity index (χ0n) is 45.5. The van der Waals surface area contributed by atoms with E-state index in [2.05, 4.69) is 27.7 Å². The third kappa shape index (κ3) is 49.8. The molecule has 21 nitrogen and oxygen atoms in total. The Morgan fingerprint density at radius 2 is 0.451 bits per heavy atom. The molecule has 0 aromatic rings. The van der Waals surface area contributed by atoms with Crippen LogP contribution in [0, 0.1) is 0 Å². The van der Waals surface area contributed by atoms with Crippen molar-refractivity contribution in [1.29, 1.82) is 0 Å². The molecule has 0 spiro atoms. The first-order chi connectivity index (χ1) is 35.0. The van der Waals surface area contributed by atoms with E-state index in [1.54, 1.807) is 0 Å². The Hall–Kier alpha value is -0.840. The summed E-state index contributed by atoms with van der Waals surface area (Å²) in [5, 5.41) is 0. The molecule has 21 heteroatoms. The highest BCUT2D eigenvalue weighted by Gasteiger charge is 2.22. The lowest BCUT2D eigenvalue weighted by atomic mass is 10.3. The molecule has 0 aromatic carbocycles. The van der Waals surface area contributed by atoms with Crippen molar-refractivity contribution in [2.75, 3.05) is 185 Å². The Balaban J connectivity index is 6.22. The van der Waals surface area contributed by atoms with Gasteiger partial charge in [0.2, 0.25) is 0 Å². The molecule has 0 amide bonds. The number of hydrogen-bond donors (Lipinski definition) is 0. The lowest BCUT2D eigenvalue weighted by molar-refractivity contribution is -0.373. The minimum absolute atomic E-state index is 0.0722. The fraction of sp³-hybridized carbons (Fsp3) is 1.00. The van der Waals surface area contributed by atoms with Crippen LogP contribution in [-0.4, -0.2) is 222 Å². The first-order valence-corrected chi connectivity index (χ1v) is 26.7. The third-order valence-electron chi connectivity index (χ3n) is 9.00. The van der Waals surface area contributed by atoms with E-state index < -0.39 is 30.5 Å². The summed E-state index contributed by atoms with van der Waals surface area (Å²) in [6.45, 7) is 26.1. The standard InChI is InChI=1S/C50H102O21/c1-9-17-51-25-27-55-33-45(60-31-29-53-19-11-3)35-57-36-46(62-41-48(61-32-30-54-20-12-4)34-56-28-26-52-18-10-2)37-58-38-47(63-42-50(71-67-24-16-8)44-69-65-22-14-6)39-59-40-49(70-66-23-15-7)43-68-64-21-13-5/h45-50H,9-44H2,1-8H3. The molecular formula is C50H102O21. The topological polar surface area (TPSA) is 194 Å². The average Bonchev–Trinajstić information content (AvgIpc) is 3.37. The molecule has 0 saturated carbocycles. The molecule has 0 radical (unpaired) electrons. The molecule has 0 N–H and O–H groups in total. The molecule has 6 unspecified atom stereocenters. The number of rotatable bonds is 62. The first kappa shape index (κ1) is 70.2. The second kappa shape index (κ2) is 58.4. The molecule has 0 aliphatic carbocycles. The Morgan fingerprint density at radius 3 is 0.831 bits per heavy atom. The van der Waals surface area contributed by atoms with Crippen molar-refractivity contribution in [1.82, 2.24) is 0 Å². The van der Waals surface area contributed by atoms with E-state index in [0.717, 1.165) is 51.4 Å². The molecule has 0 aromatic heterocycles. The Kier molecular flexibility index (Phi) is 57.7. The number of hydrogen-bond acceptors (Lipinski definition) is 21. The van der Waals surface area contributed by atoms with E-state index in [9.17, 15) is 0 Å². The first-order valence-electron chi connectivity index (χ1n) is 26.7. The molecule has 0 saturated heterocycles. The van der Waals surface area contributed by atoms with Crippen molar-refractivity contribution in [3.05, 3.63) is 0 Å². The molecule has 0 heterocycles. The monoisotopic (exact) mass is 1040 g/mol. The van der Waals surface area contributed by atoms with Gasteiger partial charge in [-0.15, -0.1) is 0 Å².